The maximum absolute atomic E-state index is 5.35. The molecule has 0 N–H and O–H groups in total. The minimum Gasteiger partial charge on any atom is -0.309 e. The third-order valence-corrected chi connectivity index (χ3v) is 10.5. The fraction of sp³-hybridized carbons (Fsp3) is 0. The van der Waals surface area contributed by atoms with Crippen molar-refractivity contribution in [3.8, 4) is 11.4 Å². The SMILES string of the molecule is c1ccc2c(c1)c1ccccc1n2-c1ccc(/C2=N/c3ccncc3/C(c3ccc(-n4c5ccccc5c5ccccc54)cc3)=N\c3ccncc32)cc1. The van der Waals surface area contributed by atoms with Crippen molar-refractivity contribution < 1.29 is 0 Å². The van der Waals surface area contributed by atoms with E-state index in [1.807, 2.05) is 24.5 Å². The summed E-state index contributed by atoms with van der Waals surface area (Å²) in [6.07, 6.45) is 7.32. The minimum atomic E-state index is 0.797. The normalized spacial score (nSPS) is 14.6. The van der Waals surface area contributed by atoms with Crippen LogP contribution in [0.1, 0.15) is 22.3 Å². The van der Waals surface area contributed by atoms with Crippen molar-refractivity contribution in [3.05, 3.63) is 205 Å². The van der Waals surface area contributed by atoms with E-state index in [1.54, 1.807) is 12.4 Å². The molecule has 10 aromatic rings. The summed E-state index contributed by atoms with van der Waals surface area (Å²) < 4.78 is 4.65. The average molecular weight is 691 g/mol. The number of rotatable bonds is 4. The molecule has 0 saturated heterocycles. The molecule has 6 nitrogen and oxygen atoms in total. The second-order valence-electron chi connectivity index (χ2n) is 13.5. The summed E-state index contributed by atoms with van der Waals surface area (Å²) in [6.45, 7) is 0. The van der Waals surface area contributed by atoms with Crippen molar-refractivity contribution in [2.45, 2.75) is 0 Å². The molecule has 0 saturated carbocycles. The first-order valence-electron chi connectivity index (χ1n) is 18.0. The molecule has 0 amide bonds. The van der Waals surface area contributed by atoms with Gasteiger partial charge in [0.05, 0.1) is 44.9 Å². The number of fused-ring (bicyclic) bond motifs is 8. The molecule has 252 valence electrons. The summed E-state index contributed by atoms with van der Waals surface area (Å²) in [5, 5.41) is 4.95. The molecule has 5 heterocycles. The quantitative estimate of drug-likeness (QED) is 0.185. The number of nitrogens with zero attached hydrogens (tertiary/aromatic N) is 6. The predicted molar refractivity (Wildman–Crippen MR) is 221 cm³/mol. The van der Waals surface area contributed by atoms with Gasteiger partial charge in [-0.2, -0.15) is 0 Å². The van der Waals surface area contributed by atoms with Crippen LogP contribution in [0.15, 0.2) is 192 Å². The molecule has 0 spiro atoms. The van der Waals surface area contributed by atoms with Gasteiger partial charge >= 0.3 is 0 Å². The lowest BCUT2D eigenvalue weighted by molar-refractivity contribution is 1.18. The Hall–Kier alpha value is -7.44. The first-order chi connectivity index (χ1) is 26.8. The number of benzene rings is 6. The fourth-order valence-electron chi connectivity index (χ4n) is 8.07. The van der Waals surface area contributed by atoms with E-state index in [9.17, 15) is 0 Å². The van der Waals surface area contributed by atoms with Crippen LogP contribution in [0.25, 0.3) is 55.0 Å². The highest BCUT2D eigenvalue weighted by Crippen LogP contribution is 2.36. The monoisotopic (exact) mass is 690 g/mol. The molecule has 4 aromatic heterocycles. The van der Waals surface area contributed by atoms with Crippen LogP contribution >= 0.6 is 0 Å². The Morgan fingerprint density at radius 2 is 0.667 bits per heavy atom. The Labute approximate surface area is 310 Å². The summed E-state index contributed by atoms with van der Waals surface area (Å²) in [5.74, 6) is 0. The molecule has 6 heteroatoms. The summed E-state index contributed by atoms with van der Waals surface area (Å²) in [7, 11) is 0. The number of hydrogen-bond acceptors (Lipinski definition) is 4. The van der Waals surface area contributed by atoms with Crippen molar-refractivity contribution in [1.29, 1.82) is 0 Å². The number of para-hydroxylation sites is 4. The third-order valence-electron chi connectivity index (χ3n) is 10.5. The van der Waals surface area contributed by atoms with Crippen LogP contribution in [0.5, 0.6) is 0 Å². The van der Waals surface area contributed by atoms with Gasteiger partial charge in [-0.15, -0.1) is 0 Å². The van der Waals surface area contributed by atoms with Crippen LogP contribution in [0.4, 0.5) is 11.4 Å². The van der Waals surface area contributed by atoms with Crippen LogP contribution in [0.2, 0.25) is 0 Å². The van der Waals surface area contributed by atoms with Gasteiger partial charge in [0, 0.05) is 80.0 Å². The molecular weight excluding hydrogens is 661 g/mol. The van der Waals surface area contributed by atoms with Crippen LogP contribution in [0.3, 0.4) is 0 Å². The van der Waals surface area contributed by atoms with Crippen molar-refractivity contribution in [3.63, 3.8) is 0 Å². The number of aliphatic imine (C=N–C) groups is 2. The Morgan fingerprint density at radius 1 is 0.333 bits per heavy atom. The molecule has 1 aliphatic heterocycles. The molecule has 54 heavy (non-hydrogen) atoms. The largest absolute Gasteiger partial charge is 0.309 e. The molecule has 6 aromatic carbocycles. The van der Waals surface area contributed by atoms with Gasteiger partial charge in [-0.25, -0.2) is 9.98 Å². The average Bonchev–Trinajstić information content (AvgIpc) is 3.75. The van der Waals surface area contributed by atoms with Gasteiger partial charge in [0.1, 0.15) is 0 Å². The van der Waals surface area contributed by atoms with Crippen LogP contribution in [-0.4, -0.2) is 30.5 Å². The van der Waals surface area contributed by atoms with Gasteiger partial charge in [-0.05, 0) is 60.7 Å². The van der Waals surface area contributed by atoms with Crippen molar-refractivity contribution in [2.75, 3.05) is 0 Å². The highest BCUT2D eigenvalue weighted by molar-refractivity contribution is 6.22. The molecule has 0 aliphatic carbocycles. The first-order valence-corrected chi connectivity index (χ1v) is 18.0. The van der Waals surface area contributed by atoms with Crippen molar-refractivity contribution >= 4 is 66.4 Å². The Bertz CT molecular complexity index is 2820. The Kier molecular flexibility index (Phi) is 6.75. The molecular formula is C48H30N6. The van der Waals surface area contributed by atoms with Gasteiger partial charge in [0.15, 0.2) is 0 Å². The highest BCUT2D eigenvalue weighted by Gasteiger charge is 2.22. The van der Waals surface area contributed by atoms with Crippen LogP contribution in [-0.2, 0) is 0 Å². The van der Waals surface area contributed by atoms with Gasteiger partial charge in [-0.3, -0.25) is 9.97 Å². The lowest BCUT2D eigenvalue weighted by atomic mass is 9.97. The van der Waals surface area contributed by atoms with Crippen molar-refractivity contribution in [1.82, 2.24) is 19.1 Å². The van der Waals surface area contributed by atoms with Crippen LogP contribution in [0, 0.1) is 0 Å². The lowest BCUT2D eigenvalue weighted by Gasteiger charge is -2.18. The van der Waals surface area contributed by atoms with Crippen molar-refractivity contribution in [2.24, 2.45) is 9.98 Å². The number of aromatic nitrogens is 4. The standard InChI is InChI=1S/C48H30N6/c1-5-13-43-35(9-1)36-10-2-6-14-44(36)53(43)33-21-17-31(18-22-33)47-39-29-49-27-25-41(39)52-48(40-30-50-28-26-42(40)51-47)32-19-23-34(24-20-32)54-45-15-7-3-11-37(45)38-12-4-8-16-46(38)54/h1-30H/b47-39?,48-40?,51-42?,51-47-,52-41?,52-48-. The molecule has 0 unspecified atom stereocenters. The van der Waals surface area contributed by atoms with Gasteiger partial charge in [-0.1, -0.05) is 97.1 Å². The highest BCUT2D eigenvalue weighted by atomic mass is 15.0. The summed E-state index contributed by atoms with van der Waals surface area (Å²) in [6, 6.07) is 55.5. The predicted octanol–water partition coefficient (Wildman–Crippen LogP) is 11.3. The second kappa shape index (κ2) is 12.1. The maximum atomic E-state index is 5.35. The Morgan fingerprint density at radius 3 is 1.02 bits per heavy atom. The second-order valence-corrected chi connectivity index (χ2v) is 13.5. The summed E-state index contributed by atoms with van der Waals surface area (Å²) in [5.41, 5.74) is 13.8. The molecule has 0 fully saturated rings. The fourth-order valence-corrected chi connectivity index (χ4v) is 8.07. The molecule has 11 rings (SSSR count). The van der Waals surface area contributed by atoms with E-state index >= 15 is 0 Å². The summed E-state index contributed by atoms with van der Waals surface area (Å²) in [4.78, 5) is 19.8. The molecule has 1 aliphatic rings. The lowest BCUT2D eigenvalue weighted by Crippen LogP contribution is -2.11. The van der Waals surface area contributed by atoms with E-state index in [4.69, 9.17) is 9.98 Å². The Balaban J connectivity index is 1.02. The van der Waals surface area contributed by atoms with E-state index in [-0.39, 0.29) is 0 Å². The smallest absolute Gasteiger partial charge is 0.0819 e. The van der Waals surface area contributed by atoms with Gasteiger partial charge < -0.3 is 9.13 Å². The van der Waals surface area contributed by atoms with Crippen LogP contribution < -0.4 is 0 Å². The zero-order valence-corrected chi connectivity index (χ0v) is 29.0. The third kappa shape index (κ3) is 4.67. The zero-order valence-electron chi connectivity index (χ0n) is 29.0. The molecule has 0 radical (unpaired) electrons. The van der Waals surface area contributed by atoms with E-state index in [1.165, 1.54) is 43.6 Å². The zero-order chi connectivity index (χ0) is 35.6. The van der Waals surface area contributed by atoms with E-state index in [0.29, 0.717) is 0 Å². The minimum absolute atomic E-state index is 0.797. The van der Waals surface area contributed by atoms with E-state index in [0.717, 1.165) is 56.4 Å². The van der Waals surface area contributed by atoms with Gasteiger partial charge in [0.2, 0.25) is 0 Å². The molecule has 0 atom stereocenters. The van der Waals surface area contributed by atoms with E-state index in [2.05, 4.69) is 165 Å². The van der Waals surface area contributed by atoms with Gasteiger partial charge in [0.25, 0.3) is 0 Å². The molecule has 0 bridgehead atoms. The maximum Gasteiger partial charge on any atom is 0.0819 e. The topological polar surface area (TPSA) is 60.4 Å². The first kappa shape index (κ1) is 30.2. The summed E-state index contributed by atoms with van der Waals surface area (Å²) >= 11 is 0. The number of pyridine rings is 2. The number of hydrogen-bond donors (Lipinski definition) is 0. The van der Waals surface area contributed by atoms with E-state index < -0.39 is 0 Å².